The first-order chi connectivity index (χ1) is 8.33. The van der Waals surface area contributed by atoms with Gasteiger partial charge in [0.1, 0.15) is 6.61 Å². The van der Waals surface area contributed by atoms with Gasteiger partial charge in [-0.25, -0.2) is 8.92 Å². The van der Waals surface area contributed by atoms with E-state index < -0.39 is 51.1 Å². The minimum absolute atomic E-state index is 1.30. The Labute approximate surface area is 104 Å². The summed E-state index contributed by atoms with van der Waals surface area (Å²) < 4.78 is 108. The Kier molecular flexibility index (Phi) is 4.43. The third-order valence-corrected chi connectivity index (χ3v) is 4.57. The van der Waals surface area contributed by atoms with Gasteiger partial charge in [0, 0.05) is 0 Å². The van der Waals surface area contributed by atoms with Crippen molar-refractivity contribution in [1.29, 1.82) is 0 Å². The van der Waals surface area contributed by atoms with Gasteiger partial charge < -0.3 is 4.74 Å². The first-order valence-electron chi connectivity index (χ1n) is 4.17. The highest BCUT2D eigenvalue weighted by Crippen LogP contribution is 2.30. The fraction of sp³-hybridized carbons (Fsp3) is 1.00. The predicted octanol–water partition coefficient (Wildman–Crippen LogP) is -0.216. The van der Waals surface area contributed by atoms with Gasteiger partial charge in [-0.2, -0.15) is 29.8 Å². The summed E-state index contributed by atoms with van der Waals surface area (Å²) in [6, 6.07) is 0. The van der Waals surface area contributed by atoms with Crippen LogP contribution in [0.2, 0.25) is 0 Å². The zero-order chi connectivity index (χ0) is 14.9. The van der Waals surface area contributed by atoms with E-state index in [-0.39, 0.29) is 0 Å². The molecule has 19 heavy (non-hydrogen) atoms. The average molecular weight is 334 g/mol. The van der Waals surface area contributed by atoms with E-state index in [1.54, 1.807) is 0 Å². The summed E-state index contributed by atoms with van der Waals surface area (Å²) in [4.78, 5) is 0. The van der Waals surface area contributed by atoms with Crippen LogP contribution in [-0.4, -0.2) is 47.7 Å². The summed E-state index contributed by atoms with van der Waals surface area (Å²) in [7, 11) is -10.3. The van der Waals surface area contributed by atoms with Crippen molar-refractivity contribution in [2.75, 3.05) is 18.5 Å². The van der Waals surface area contributed by atoms with Crippen LogP contribution in [0, 0.1) is 0 Å². The van der Waals surface area contributed by atoms with E-state index in [4.69, 9.17) is 0 Å². The normalized spacial score (nSPS) is 30.1. The summed E-state index contributed by atoms with van der Waals surface area (Å²) in [6.45, 7) is -3.11. The molecule has 8 nitrogen and oxygen atoms in total. The first-order valence-corrected chi connectivity index (χ1v) is 7.32. The van der Waals surface area contributed by atoms with Crippen LogP contribution >= 0.6 is 0 Å². The fourth-order valence-electron chi connectivity index (χ4n) is 0.871. The van der Waals surface area contributed by atoms with Crippen LogP contribution in [-0.2, 0) is 38.1 Å². The van der Waals surface area contributed by atoms with Crippen molar-refractivity contribution in [2.24, 2.45) is 0 Å². The minimum Gasteiger partial charge on any atom is -0.345 e. The highest BCUT2D eigenvalue weighted by atomic mass is 32.3. The highest BCUT2D eigenvalue weighted by Gasteiger charge is 2.50. The molecule has 14 heteroatoms. The van der Waals surface area contributed by atoms with Gasteiger partial charge in [0.25, 0.3) is 20.2 Å². The maximum atomic E-state index is 12.7. The number of halogens is 4. The third kappa shape index (κ3) is 5.96. The van der Waals surface area contributed by atoms with Crippen LogP contribution in [0.3, 0.4) is 0 Å². The Morgan fingerprint density at radius 1 is 0.947 bits per heavy atom. The molecule has 114 valence electrons. The predicted molar refractivity (Wildman–Crippen MR) is 46.7 cm³/mol. The van der Waals surface area contributed by atoms with Crippen LogP contribution < -0.4 is 0 Å². The summed E-state index contributed by atoms with van der Waals surface area (Å²) in [5.74, 6) is 0. The molecule has 0 amide bonds. The monoisotopic (exact) mass is 334 g/mol. The van der Waals surface area contributed by atoms with Gasteiger partial charge in [0.05, 0.1) is 0 Å². The molecule has 0 atom stereocenters. The van der Waals surface area contributed by atoms with Gasteiger partial charge >= 0.3 is 12.4 Å². The molecule has 1 aliphatic rings. The van der Waals surface area contributed by atoms with Crippen molar-refractivity contribution in [2.45, 2.75) is 12.4 Å². The van der Waals surface area contributed by atoms with Crippen LogP contribution in [0.15, 0.2) is 0 Å². The molecular formula is C5H6F4O8S2. The van der Waals surface area contributed by atoms with Crippen molar-refractivity contribution in [3.63, 3.8) is 0 Å². The van der Waals surface area contributed by atoms with Gasteiger partial charge in [0.2, 0.25) is 5.08 Å². The standard InChI is InChI=1S/C5H6F4O8S2/c6-4(7)1-14-2-15-18(10,11)3-19(12,13)17-5(8,9)16-4/h1-3H2. The highest BCUT2D eigenvalue weighted by molar-refractivity contribution is 8.03. The van der Waals surface area contributed by atoms with Crippen LogP contribution in [0.5, 0.6) is 0 Å². The van der Waals surface area contributed by atoms with Gasteiger partial charge in [-0.15, -0.1) is 8.78 Å². The van der Waals surface area contributed by atoms with Crippen molar-refractivity contribution in [3.8, 4) is 0 Å². The molecule has 0 bridgehead atoms. The Hall–Kier alpha value is -0.540. The van der Waals surface area contributed by atoms with E-state index >= 15 is 0 Å². The minimum atomic E-state index is -5.44. The van der Waals surface area contributed by atoms with Crippen molar-refractivity contribution in [1.82, 2.24) is 0 Å². The Morgan fingerprint density at radius 2 is 1.53 bits per heavy atom. The largest absolute Gasteiger partial charge is 0.504 e. The summed E-state index contributed by atoms with van der Waals surface area (Å²) in [5, 5.41) is -2.02. The Balaban J connectivity index is 3.07. The molecular weight excluding hydrogens is 328 g/mol. The molecule has 0 unspecified atom stereocenters. The molecule has 0 aromatic carbocycles. The number of hydrogen-bond acceptors (Lipinski definition) is 8. The fourth-order valence-corrected chi connectivity index (χ4v) is 3.29. The zero-order valence-corrected chi connectivity index (χ0v) is 10.3. The van der Waals surface area contributed by atoms with E-state index in [1.807, 2.05) is 0 Å². The molecule has 0 N–H and O–H groups in total. The van der Waals surface area contributed by atoms with Crippen molar-refractivity contribution in [3.05, 3.63) is 0 Å². The molecule has 1 saturated heterocycles. The van der Waals surface area contributed by atoms with Crippen LogP contribution in [0.4, 0.5) is 17.6 Å². The lowest BCUT2D eigenvalue weighted by atomic mass is 10.7. The summed E-state index contributed by atoms with van der Waals surface area (Å²) in [5.41, 5.74) is 0. The van der Waals surface area contributed by atoms with Gasteiger partial charge in [-0.3, -0.25) is 0 Å². The van der Waals surface area contributed by atoms with E-state index in [0.717, 1.165) is 0 Å². The molecule has 0 aromatic heterocycles. The second kappa shape index (κ2) is 5.10. The lowest BCUT2D eigenvalue weighted by molar-refractivity contribution is -0.447. The van der Waals surface area contributed by atoms with Crippen LogP contribution in [0.25, 0.3) is 0 Å². The Morgan fingerprint density at radius 3 is 2.11 bits per heavy atom. The summed E-state index contributed by atoms with van der Waals surface area (Å²) >= 11 is 0. The van der Waals surface area contributed by atoms with Gasteiger partial charge in [0.15, 0.2) is 6.79 Å². The van der Waals surface area contributed by atoms with Crippen molar-refractivity contribution >= 4 is 20.2 Å². The quantitative estimate of drug-likeness (QED) is 0.442. The Bertz CT molecular complexity index is 525. The second-order valence-corrected chi connectivity index (χ2v) is 6.68. The maximum absolute atomic E-state index is 12.7. The smallest absolute Gasteiger partial charge is 0.345 e. The lowest BCUT2D eigenvalue weighted by Gasteiger charge is -2.21. The average Bonchev–Trinajstić information content (AvgIpc) is 2.05. The summed E-state index contributed by atoms with van der Waals surface area (Å²) in [6.07, 6.45) is -9.90. The lowest BCUT2D eigenvalue weighted by Crippen LogP contribution is -2.39. The second-order valence-electron chi connectivity index (χ2n) is 3.10. The maximum Gasteiger partial charge on any atom is 0.504 e. The number of hydrogen-bond donors (Lipinski definition) is 0. The van der Waals surface area contributed by atoms with Gasteiger partial charge in [-0.05, 0) is 0 Å². The van der Waals surface area contributed by atoms with Crippen LogP contribution in [0.1, 0.15) is 0 Å². The number of alkyl halides is 4. The molecule has 1 heterocycles. The molecule has 0 spiro atoms. The SMILES string of the molecule is O=S1(=O)CS(=O)(=O)OC(F)(F)OC(F)(F)COCO1. The van der Waals surface area contributed by atoms with Gasteiger partial charge in [-0.1, -0.05) is 0 Å². The molecule has 0 radical (unpaired) electrons. The third-order valence-electron chi connectivity index (χ3n) is 1.36. The molecule has 0 saturated carbocycles. The number of rotatable bonds is 0. The van der Waals surface area contributed by atoms with E-state index in [1.165, 1.54) is 0 Å². The van der Waals surface area contributed by atoms with E-state index in [9.17, 15) is 34.4 Å². The molecule has 1 rings (SSSR count). The van der Waals surface area contributed by atoms with E-state index in [2.05, 4.69) is 17.8 Å². The molecule has 1 fully saturated rings. The zero-order valence-electron chi connectivity index (χ0n) is 8.72. The molecule has 0 aliphatic carbocycles. The number of ether oxygens (including phenoxy) is 2. The van der Waals surface area contributed by atoms with E-state index in [0.29, 0.717) is 0 Å². The topological polar surface area (TPSA) is 105 Å². The first kappa shape index (κ1) is 16.5. The molecule has 1 aliphatic heterocycles. The molecule has 0 aromatic rings. The van der Waals surface area contributed by atoms with Crippen molar-refractivity contribution < 1.29 is 52.2 Å².